The maximum Gasteiger partial charge on any atom is 0.306 e. The van der Waals surface area contributed by atoms with Crippen LogP contribution in [-0.2, 0) is 57.2 Å². The van der Waals surface area contributed by atoms with E-state index in [0.717, 1.165) is 6.08 Å². The van der Waals surface area contributed by atoms with Gasteiger partial charge in [-0.2, -0.15) is 0 Å². The van der Waals surface area contributed by atoms with E-state index < -0.39 is 145 Å². The Morgan fingerprint density at radius 2 is 1.44 bits per heavy atom. The molecule has 0 aromatic carbocycles. The molecule has 8 aliphatic carbocycles. The summed E-state index contributed by atoms with van der Waals surface area (Å²) in [5, 5.41) is 10.8. The van der Waals surface area contributed by atoms with E-state index in [1.54, 1.807) is 54.5 Å². The van der Waals surface area contributed by atoms with Gasteiger partial charge in [0.05, 0.1) is 12.2 Å². The average Bonchev–Trinajstić information content (AvgIpc) is 3.82. The van der Waals surface area contributed by atoms with Gasteiger partial charge in [0.15, 0.2) is 46.5 Å². The summed E-state index contributed by atoms with van der Waals surface area (Å²) in [6, 6.07) is -1.04. The fourth-order valence-electron chi connectivity index (χ4n) is 16.0. The molecule has 1 aliphatic heterocycles. The smallest absolute Gasteiger partial charge is 0.306 e. The molecule has 18 heteroatoms. The highest BCUT2D eigenvalue weighted by Gasteiger charge is 2.81. The molecule has 0 amide bonds. The summed E-state index contributed by atoms with van der Waals surface area (Å²) in [5.74, 6) is -7.22. The molecule has 1 heterocycles. The zero-order valence-electron chi connectivity index (χ0n) is 42.7. The fraction of sp³-hybridized carbons (Fsp3) is 0.722. The molecule has 72 heavy (non-hydrogen) atoms. The third kappa shape index (κ3) is 7.33. The van der Waals surface area contributed by atoms with Crippen LogP contribution in [0.3, 0.4) is 0 Å². The topological polar surface area (TPSA) is 186 Å². The minimum Gasteiger partial charge on any atom is -0.459 e. The number of esters is 3. The van der Waals surface area contributed by atoms with Crippen molar-refractivity contribution in [2.45, 2.75) is 180 Å². The summed E-state index contributed by atoms with van der Waals surface area (Å²) in [6.45, 7) is 15.9. The molecule has 17 atom stereocenters. The van der Waals surface area contributed by atoms with Crippen LogP contribution < -0.4 is 0 Å². The van der Waals surface area contributed by atoms with Crippen LogP contribution in [0.25, 0.3) is 0 Å². The summed E-state index contributed by atoms with van der Waals surface area (Å²) in [5.41, 5.74) is -11.8. The molecular weight excluding hydrogens is 965 g/mol. The number of hydrogen-bond donors (Lipinski definition) is 1. The first-order valence-corrected chi connectivity index (χ1v) is 26.2. The second-order valence-corrected chi connectivity index (χ2v) is 23.8. The van der Waals surface area contributed by atoms with Gasteiger partial charge >= 0.3 is 17.9 Å². The molecule has 396 valence electrons. The third-order valence-electron chi connectivity index (χ3n) is 19.2. The summed E-state index contributed by atoms with van der Waals surface area (Å²) in [7, 11) is 0. The Morgan fingerprint density at radius 1 is 0.819 bits per heavy atom. The Kier molecular flexibility index (Phi) is 13.6. The quantitative estimate of drug-likeness (QED) is 0.132. The Labute approximate surface area is 422 Å². The highest BCUT2D eigenvalue weighted by Crippen LogP contribution is 2.74. The molecule has 13 nitrogen and oxygen atoms in total. The lowest BCUT2D eigenvalue weighted by Crippen LogP contribution is -2.71. The molecule has 0 spiro atoms. The van der Waals surface area contributed by atoms with Crippen molar-refractivity contribution in [2.24, 2.45) is 51.2 Å². The summed E-state index contributed by atoms with van der Waals surface area (Å²) < 4.78 is 93.8. The SMILES string of the molecule is CC(=O)OCC(=O)[C@@]12OC(C)(C)O[C@@H]1C[C@H]1[C@@H]3CCC4=CC(=O)C=C[C@]4(C)C3(F)[C@@H](O)C[C@@]12C.CCC(=O)O[C@H]1C[C@@]2(C)[C@@H](C[C@@H](C)[C@]2(OC(=O)CC)C(=O)SCF)[C@@H]2C[C@H](F)C3=CC(=O)C=C[C@]3(C)[C@@]12F. The lowest BCUT2D eigenvalue weighted by molar-refractivity contribution is -0.246. The Morgan fingerprint density at radius 3 is 2.07 bits per heavy atom. The number of Topliss-reactive ketones (excluding diaryl/α,β-unsaturated/α-hetero) is 1. The van der Waals surface area contributed by atoms with Gasteiger partial charge in [-0.05, 0) is 126 Å². The fourth-order valence-corrected chi connectivity index (χ4v) is 16.8. The highest BCUT2D eigenvalue weighted by atomic mass is 32.2. The number of aliphatic hydroxyl groups is 1. The molecule has 7 fully saturated rings. The number of thioether (sulfide) groups is 1. The van der Waals surface area contributed by atoms with Crippen LogP contribution in [0.5, 0.6) is 0 Å². The summed E-state index contributed by atoms with van der Waals surface area (Å²) in [4.78, 5) is 88.2. The second kappa shape index (κ2) is 18.1. The largest absolute Gasteiger partial charge is 0.459 e. The van der Waals surface area contributed by atoms with Crippen LogP contribution in [0, 0.1) is 51.2 Å². The molecule has 1 unspecified atom stereocenters. The van der Waals surface area contributed by atoms with Crippen molar-refractivity contribution in [3.63, 3.8) is 0 Å². The van der Waals surface area contributed by atoms with E-state index in [4.69, 9.17) is 23.7 Å². The number of fused-ring (bicyclic) bond motifs is 12. The lowest BCUT2D eigenvalue weighted by Gasteiger charge is -2.63. The van der Waals surface area contributed by atoms with Crippen molar-refractivity contribution in [1.29, 1.82) is 0 Å². The predicted molar refractivity (Wildman–Crippen MR) is 253 cm³/mol. The number of allylic oxidation sites excluding steroid dienone is 8. The molecule has 9 aliphatic rings. The van der Waals surface area contributed by atoms with Crippen molar-refractivity contribution in [3.05, 3.63) is 47.6 Å². The maximum atomic E-state index is 18.0. The van der Waals surface area contributed by atoms with Crippen molar-refractivity contribution in [3.8, 4) is 0 Å². The van der Waals surface area contributed by atoms with Gasteiger partial charge in [-0.1, -0.05) is 52.3 Å². The Bertz CT molecular complexity index is 2470. The van der Waals surface area contributed by atoms with Gasteiger partial charge < -0.3 is 28.8 Å². The van der Waals surface area contributed by atoms with E-state index in [9.17, 15) is 43.1 Å². The Balaban J connectivity index is 0.000000194. The van der Waals surface area contributed by atoms with Gasteiger partial charge in [-0.25, -0.2) is 17.6 Å². The molecule has 1 saturated heterocycles. The standard InChI is InChI=1S/C28H35F3O6S.C26H33FO7/c1-6-22(33)36-21-13-26(5)17(10-15(3)28(26,24(35)38-14-29)37-23(34)7-2)18-12-20(30)19-11-16(32)8-9-25(19,4)27(18,21)31;1-14(28)32-13-20(31)26-21(33-22(2,3)34-26)11-18-17-7-6-15-10-16(29)8-9-23(15,4)25(17,27)19(30)12-24(18,26)5/h8-9,11,15,17-18,20-21H,6-7,10,12-14H2,1-5H3;8-10,17-19,21,30H,6-7,11-13H2,1-5H3/t15-,17+,18+,20+,21+,25+,26+,27+,28+;17-,18-,19-,21+,23-,24-,25?,26+/m10/s1. The molecule has 0 bridgehead atoms. The minimum atomic E-state index is -2.31. The summed E-state index contributed by atoms with van der Waals surface area (Å²) in [6.07, 6.45) is 4.08. The van der Waals surface area contributed by atoms with E-state index in [-0.39, 0.29) is 55.8 Å². The lowest BCUT2D eigenvalue weighted by atomic mass is 9.44. The highest BCUT2D eigenvalue weighted by molar-refractivity contribution is 8.13. The minimum absolute atomic E-state index is 0.00341. The molecule has 0 aromatic rings. The Hall–Kier alpha value is -4.00. The molecule has 0 radical (unpaired) electrons. The summed E-state index contributed by atoms with van der Waals surface area (Å²) >= 11 is 0.388. The zero-order chi connectivity index (χ0) is 53.2. The van der Waals surface area contributed by atoms with Crippen LogP contribution in [0.1, 0.15) is 127 Å². The first-order chi connectivity index (χ1) is 33.5. The number of alkyl halides is 4. The average molecular weight is 1030 g/mol. The van der Waals surface area contributed by atoms with E-state index in [2.05, 4.69) is 0 Å². The van der Waals surface area contributed by atoms with Crippen molar-refractivity contribution >= 4 is 52.1 Å². The van der Waals surface area contributed by atoms with Crippen molar-refractivity contribution < 1.29 is 79.9 Å². The first-order valence-electron chi connectivity index (χ1n) is 25.3. The van der Waals surface area contributed by atoms with Crippen LogP contribution in [-0.4, -0.2) is 111 Å². The van der Waals surface area contributed by atoms with E-state index >= 15 is 13.2 Å². The van der Waals surface area contributed by atoms with E-state index in [1.165, 1.54) is 38.2 Å². The number of carbonyl (C=O) groups excluding carboxylic acids is 7. The zero-order valence-corrected chi connectivity index (χ0v) is 43.5. The van der Waals surface area contributed by atoms with Crippen molar-refractivity contribution in [1.82, 2.24) is 0 Å². The third-order valence-corrected chi connectivity index (χ3v) is 19.9. The molecule has 6 saturated carbocycles. The molecule has 0 aromatic heterocycles. The number of hydrogen-bond acceptors (Lipinski definition) is 14. The van der Waals surface area contributed by atoms with Gasteiger partial charge in [-0.3, -0.25) is 33.6 Å². The van der Waals surface area contributed by atoms with Gasteiger partial charge in [0.1, 0.15) is 18.3 Å². The van der Waals surface area contributed by atoms with Crippen LogP contribution in [0.15, 0.2) is 47.6 Å². The number of ether oxygens (including phenoxy) is 5. The maximum absolute atomic E-state index is 18.0. The number of rotatable bonds is 9. The van der Waals surface area contributed by atoms with Crippen LogP contribution >= 0.6 is 11.8 Å². The number of aliphatic hydroxyl groups excluding tert-OH is 1. The van der Waals surface area contributed by atoms with Gasteiger partial charge in [0.25, 0.3) is 0 Å². The van der Waals surface area contributed by atoms with Crippen molar-refractivity contribution in [2.75, 3.05) is 12.6 Å². The monoisotopic (exact) mass is 1030 g/mol. The van der Waals surface area contributed by atoms with Gasteiger partial charge in [0, 0.05) is 59.2 Å². The van der Waals surface area contributed by atoms with Gasteiger partial charge in [0.2, 0.25) is 10.9 Å². The van der Waals surface area contributed by atoms with Crippen LogP contribution in [0.4, 0.5) is 17.6 Å². The molecule has 9 rings (SSSR count). The molecule has 1 N–H and O–H groups in total. The normalized spacial score (nSPS) is 45.7. The number of carbonyl (C=O) groups is 7. The van der Waals surface area contributed by atoms with Crippen LogP contribution in [0.2, 0.25) is 0 Å². The molecular formula is C54H68F4O13S. The first kappa shape index (κ1) is 54.3. The van der Waals surface area contributed by atoms with E-state index in [1.807, 2.05) is 6.92 Å². The predicted octanol–water partition coefficient (Wildman–Crippen LogP) is 8.38. The van der Waals surface area contributed by atoms with Gasteiger partial charge in [-0.15, -0.1) is 0 Å². The van der Waals surface area contributed by atoms with E-state index in [0.29, 0.717) is 36.6 Å². The number of ketones is 3. The second-order valence-electron chi connectivity index (χ2n) is 23.0. The number of halogens is 4.